The molecular formula is C19H23FO4. The molecule has 4 aliphatic rings. The Kier molecular flexibility index (Phi) is 4.09. The van der Waals surface area contributed by atoms with Gasteiger partial charge in [-0.2, -0.15) is 0 Å². The highest BCUT2D eigenvalue weighted by Crippen LogP contribution is 2.57. The van der Waals surface area contributed by atoms with Gasteiger partial charge in [-0.25, -0.2) is 4.39 Å². The zero-order valence-corrected chi connectivity index (χ0v) is 13.6. The summed E-state index contributed by atoms with van der Waals surface area (Å²) in [6.07, 6.45) is 3.91. The van der Waals surface area contributed by atoms with Crippen LogP contribution in [0.25, 0.3) is 0 Å². The van der Waals surface area contributed by atoms with Crippen LogP contribution in [0.3, 0.4) is 0 Å². The van der Waals surface area contributed by atoms with Crippen molar-refractivity contribution in [2.24, 2.45) is 11.8 Å². The molecule has 24 heavy (non-hydrogen) atoms. The summed E-state index contributed by atoms with van der Waals surface area (Å²) in [4.78, 5) is 11.7. The average Bonchev–Trinajstić information content (AvgIpc) is 2.66. The maximum Gasteiger partial charge on any atom is 0.304 e. The molecule has 0 unspecified atom stereocenters. The molecule has 0 aromatic heterocycles. The average molecular weight is 334 g/mol. The number of carbonyl (C=O) groups is 1. The molecule has 0 amide bonds. The van der Waals surface area contributed by atoms with Crippen LogP contribution in [-0.4, -0.2) is 36.5 Å². The molecule has 2 aliphatic carbocycles. The molecule has 0 atom stereocenters. The Balaban J connectivity index is 1.78. The van der Waals surface area contributed by atoms with Gasteiger partial charge in [0.1, 0.15) is 5.82 Å². The van der Waals surface area contributed by atoms with Crippen LogP contribution >= 0.6 is 0 Å². The second-order valence-electron chi connectivity index (χ2n) is 7.44. The van der Waals surface area contributed by atoms with Gasteiger partial charge in [0.2, 0.25) is 0 Å². The number of ether oxygens (including phenoxy) is 2. The van der Waals surface area contributed by atoms with E-state index in [2.05, 4.69) is 0 Å². The highest BCUT2D eigenvalue weighted by atomic mass is 19.1. The summed E-state index contributed by atoms with van der Waals surface area (Å²) < 4.78 is 25.3. The Morgan fingerprint density at radius 2 is 1.54 bits per heavy atom. The van der Waals surface area contributed by atoms with Crippen molar-refractivity contribution in [2.45, 2.75) is 49.7 Å². The highest BCUT2D eigenvalue weighted by Gasteiger charge is 2.56. The molecule has 1 N–H and O–H groups in total. The van der Waals surface area contributed by atoms with Crippen molar-refractivity contribution < 1.29 is 23.8 Å². The van der Waals surface area contributed by atoms with E-state index in [1.54, 1.807) is 12.1 Å². The van der Waals surface area contributed by atoms with Crippen LogP contribution < -0.4 is 0 Å². The number of carboxylic acids is 1. The van der Waals surface area contributed by atoms with Gasteiger partial charge in [0.25, 0.3) is 0 Å². The summed E-state index contributed by atoms with van der Waals surface area (Å²) in [6, 6.07) is 6.45. The Hall–Kier alpha value is -1.46. The number of hydrogen-bond donors (Lipinski definition) is 1. The maximum atomic E-state index is 13.4. The van der Waals surface area contributed by atoms with Crippen molar-refractivity contribution >= 4 is 5.97 Å². The Labute approximate surface area is 141 Å². The second kappa shape index (κ2) is 6.12. The summed E-state index contributed by atoms with van der Waals surface area (Å²) in [6.45, 7) is 1.23. The fraction of sp³-hybridized carbons (Fsp3) is 0.632. The summed E-state index contributed by atoms with van der Waals surface area (Å²) in [5.41, 5.74) is 0.515. The quantitative estimate of drug-likeness (QED) is 0.923. The predicted molar refractivity (Wildman–Crippen MR) is 85.3 cm³/mol. The number of halogens is 1. The first-order chi connectivity index (χ1) is 11.6. The largest absolute Gasteiger partial charge is 0.481 e. The van der Waals surface area contributed by atoms with Gasteiger partial charge in [-0.3, -0.25) is 4.79 Å². The monoisotopic (exact) mass is 334 g/mol. The van der Waals surface area contributed by atoms with E-state index in [1.165, 1.54) is 12.1 Å². The number of carboxylic acid groups (broad SMARTS) is 1. The summed E-state index contributed by atoms with van der Waals surface area (Å²) in [5.74, 6) is -0.687. The molecule has 1 aromatic carbocycles. The minimum absolute atomic E-state index is 0.0907. The predicted octanol–water partition coefficient (Wildman–Crippen LogP) is 3.14. The molecule has 2 heterocycles. The first-order valence-corrected chi connectivity index (χ1v) is 8.79. The zero-order valence-electron chi connectivity index (χ0n) is 13.6. The third-order valence-corrected chi connectivity index (χ3v) is 6.26. The van der Waals surface area contributed by atoms with Crippen LogP contribution in [0.4, 0.5) is 4.39 Å². The molecule has 2 saturated carbocycles. The molecule has 0 spiro atoms. The van der Waals surface area contributed by atoms with E-state index >= 15 is 0 Å². The molecule has 4 nitrogen and oxygen atoms in total. The lowest BCUT2D eigenvalue weighted by molar-refractivity contribution is -0.144. The molecular weight excluding hydrogens is 311 g/mol. The Bertz CT molecular complexity index is 580. The van der Waals surface area contributed by atoms with Crippen molar-refractivity contribution in [2.75, 3.05) is 13.2 Å². The lowest BCUT2D eigenvalue weighted by atomic mass is 9.49. The van der Waals surface area contributed by atoms with Crippen LogP contribution in [-0.2, 0) is 19.7 Å². The highest BCUT2D eigenvalue weighted by molar-refractivity contribution is 5.69. The van der Waals surface area contributed by atoms with E-state index in [9.17, 15) is 14.3 Å². The summed E-state index contributed by atoms with van der Waals surface area (Å²) in [5, 5.41) is 9.62. The number of rotatable bonds is 3. The van der Waals surface area contributed by atoms with Gasteiger partial charge in [0, 0.05) is 5.41 Å². The van der Waals surface area contributed by atoms with Gasteiger partial charge in [-0.1, -0.05) is 12.1 Å². The second-order valence-corrected chi connectivity index (χ2v) is 7.44. The smallest absolute Gasteiger partial charge is 0.304 e. The third-order valence-electron chi connectivity index (χ3n) is 6.26. The molecule has 1 aromatic rings. The zero-order chi connectivity index (χ0) is 16.7. The van der Waals surface area contributed by atoms with Crippen molar-refractivity contribution in [3.8, 4) is 0 Å². The van der Waals surface area contributed by atoms with E-state index < -0.39 is 11.4 Å². The molecule has 0 radical (unpaired) electrons. The van der Waals surface area contributed by atoms with E-state index in [-0.39, 0.29) is 36.3 Å². The number of hydrogen-bond acceptors (Lipinski definition) is 3. The van der Waals surface area contributed by atoms with Crippen LogP contribution in [0, 0.1) is 17.7 Å². The van der Waals surface area contributed by atoms with Gasteiger partial charge < -0.3 is 14.6 Å². The van der Waals surface area contributed by atoms with Gasteiger partial charge in [0.15, 0.2) is 0 Å². The lowest BCUT2D eigenvalue weighted by Crippen LogP contribution is -2.55. The minimum atomic E-state index is -0.789. The number of aliphatic carboxylic acids is 1. The Morgan fingerprint density at radius 1 is 1.04 bits per heavy atom. The van der Waals surface area contributed by atoms with Crippen LogP contribution in [0.5, 0.6) is 0 Å². The van der Waals surface area contributed by atoms with Crippen molar-refractivity contribution in [1.82, 2.24) is 0 Å². The molecule has 5 rings (SSSR count). The standard InChI is InChI=1S/C19H23FO4/c20-15-3-1-12(2-4-15)19(11-18(21)22)13-7-16-8-14(19)10-17(9-13)24-6-5-23-16/h1-4,13-14,16-17H,5-11H2,(H,21,22). The normalized spacial score (nSPS) is 38.4. The third kappa shape index (κ3) is 2.64. The van der Waals surface area contributed by atoms with Crippen molar-refractivity contribution in [3.63, 3.8) is 0 Å². The van der Waals surface area contributed by atoms with Crippen molar-refractivity contribution in [1.29, 1.82) is 0 Å². The minimum Gasteiger partial charge on any atom is -0.481 e. The van der Waals surface area contributed by atoms with Gasteiger partial charge in [-0.05, 0) is 55.2 Å². The molecule has 4 bridgehead atoms. The van der Waals surface area contributed by atoms with Crippen LogP contribution in [0.1, 0.15) is 37.7 Å². The first-order valence-electron chi connectivity index (χ1n) is 8.79. The molecule has 130 valence electrons. The summed E-state index contributed by atoms with van der Waals surface area (Å²) in [7, 11) is 0. The Morgan fingerprint density at radius 3 is 2.00 bits per heavy atom. The van der Waals surface area contributed by atoms with E-state index in [0.717, 1.165) is 31.2 Å². The van der Waals surface area contributed by atoms with Gasteiger partial charge in [0.05, 0.1) is 31.8 Å². The fourth-order valence-electron chi connectivity index (χ4n) is 5.40. The van der Waals surface area contributed by atoms with E-state index in [1.807, 2.05) is 0 Å². The van der Waals surface area contributed by atoms with Crippen molar-refractivity contribution in [3.05, 3.63) is 35.6 Å². The number of fused-ring (bicyclic) bond motifs is 3. The lowest BCUT2D eigenvalue weighted by Gasteiger charge is -2.56. The SMILES string of the molecule is O=C(O)CC1(c2ccc(F)cc2)C2CC3CC1CC(C2)OCCO3. The topological polar surface area (TPSA) is 55.8 Å². The van der Waals surface area contributed by atoms with Crippen LogP contribution in [0.2, 0.25) is 0 Å². The summed E-state index contributed by atoms with van der Waals surface area (Å²) >= 11 is 0. The maximum absolute atomic E-state index is 13.4. The van der Waals surface area contributed by atoms with E-state index in [0.29, 0.717) is 13.2 Å². The van der Waals surface area contributed by atoms with E-state index in [4.69, 9.17) is 9.47 Å². The fourth-order valence-corrected chi connectivity index (χ4v) is 5.40. The van der Waals surface area contributed by atoms with Gasteiger partial charge >= 0.3 is 5.97 Å². The number of benzene rings is 1. The molecule has 2 saturated heterocycles. The molecule has 2 aliphatic heterocycles. The van der Waals surface area contributed by atoms with Gasteiger partial charge in [-0.15, -0.1) is 0 Å². The molecule has 5 heteroatoms. The molecule has 4 fully saturated rings. The van der Waals surface area contributed by atoms with Crippen LogP contribution in [0.15, 0.2) is 24.3 Å². The first kappa shape index (κ1) is 16.0.